The molecule has 1 aromatic heterocycles. The minimum absolute atomic E-state index is 0.0298. The minimum atomic E-state index is -0.503. The van der Waals surface area contributed by atoms with Gasteiger partial charge in [-0.3, -0.25) is 5.10 Å². The maximum atomic E-state index is 10.0. The van der Waals surface area contributed by atoms with Crippen LogP contribution in [0.3, 0.4) is 0 Å². The summed E-state index contributed by atoms with van der Waals surface area (Å²) in [5.41, 5.74) is 10.7. The third kappa shape index (κ3) is 4.47. The fraction of sp³-hybridized carbons (Fsp3) is 0.143. The summed E-state index contributed by atoms with van der Waals surface area (Å²) in [7, 11) is 0. The molecule has 4 aromatic rings. The number of halogens is 1. The number of allylic oxidation sites excluding steroid dienone is 1. The average molecular weight is 499 g/mol. The molecule has 180 valence electrons. The van der Waals surface area contributed by atoms with Crippen LogP contribution < -0.4 is 19.9 Å². The van der Waals surface area contributed by atoms with Gasteiger partial charge in [-0.1, -0.05) is 60.1 Å². The number of H-pyrrole nitrogens is 1. The molecule has 3 N–H and O–H groups in total. The number of benzene rings is 3. The predicted octanol–water partition coefficient (Wildman–Crippen LogP) is 5.93. The van der Waals surface area contributed by atoms with Gasteiger partial charge < -0.3 is 19.9 Å². The fourth-order valence-corrected chi connectivity index (χ4v) is 4.36. The van der Waals surface area contributed by atoms with Crippen molar-refractivity contribution < 1.29 is 14.2 Å². The molecule has 36 heavy (non-hydrogen) atoms. The SMILES string of the molecule is CCOc1cc([C@@H]2C(C#N)=C(N)Oc3n[nH]c(-c4ccccc4)c32)ccc1OCc1ccc(Cl)cc1. The van der Waals surface area contributed by atoms with Gasteiger partial charge in [0.25, 0.3) is 0 Å². The molecule has 5 rings (SSSR count). The second-order valence-electron chi connectivity index (χ2n) is 8.16. The van der Waals surface area contributed by atoms with Crippen molar-refractivity contribution in [3.8, 4) is 34.7 Å². The zero-order valence-corrected chi connectivity index (χ0v) is 20.3. The highest BCUT2D eigenvalue weighted by molar-refractivity contribution is 6.30. The van der Waals surface area contributed by atoms with Crippen LogP contribution in [0.1, 0.15) is 29.5 Å². The molecule has 0 spiro atoms. The first kappa shape index (κ1) is 23.3. The maximum absolute atomic E-state index is 10.0. The molecule has 3 aromatic carbocycles. The summed E-state index contributed by atoms with van der Waals surface area (Å²) >= 11 is 5.99. The first-order valence-corrected chi connectivity index (χ1v) is 11.8. The van der Waals surface area contributed by atoms with E-state index in [1.54, 1.807) is 0 Å². The van der Waals surface area contributed by atoms with Crippen molar-refractivity contribution in [2.45, 2.75) is 19.4 Å². The first-order chi connectivity index (χ1) is 17.6. The Kier molecular flexibility index (Phi) is 6.52. The number of rotatable bonds is 7. The zero-order valence-electron chi connectivity index (χ0n) is 19.5. The van der Waals surface area contributed by atoms with Crippen LogP contribution in [0.25, 0.3) is 11.3 Å². The molecular formula is C28H23ClN4O3. The number of aromatic amines is 1. The number of nitrogens with two attached hydrogens (primary N) is 1. The van der Waals surface area contributed by atoms with Crippen LogP contribution in [-0.2, 0) is 6.61 Å². The van der Waals surface area contributed by atoms with E-state index in [-0.39, 0.29) is 5.88 Å². The summed E-state index contributed by atoms with van der Waals surface area (Å²) in [5.74, 6) is 1.03. The summed E-state index contributed by atoms with van der Waals surface area (Å²) in [6, 6.07) is 25.1. The Bertz CT molecular complexity index is 1460. The number of hydrogen-bond donors (Lipinski definition) is 2. The molecular weight excluding hydrogens is 476 g/mol. The van der Waals surface area contributed by atoms with Crippen LogP contribution >= 0.6 is 11.6 Å². The monoisotopic (exact) mass is 498 g/mol. The van der Waals surface area contributed by atoms with E-state index >= 15 is 0 Å². The highest BCUT2D eigenvalue weighted by Gasteiger charge is 2.36. The van der Waals surface area contributed by atoms with Gasteiger partial charge in [-0.2, -0.15) is 5.26 Å². The van der Waals surface area contributed by atoms with Crippen LogP contribution in [0.15, 0.2) is 84.3 Å². The molecule has 0 unspecified atom stereocenters. The Balaban J connectivity index is 1.55. The second kappa shape index (κ2) is 10.1. The largest absolute Gasteiger partial charge is 0.490 e. The van der Waals surface area contributed by atoms with Gasteiger partial charge in [-0.15, -0.1) is 5.10 Å². The number of ether oxygens (including phenoxy) is 3. The lowest BCUT2D eigenvalue weighted by Gasteiger charge is -2.25. The third-order valence-corrected chi connectivity index (χ3v) is 6.16. The number of hydrogen-bond acceptors (Lipinski definition) is 6. The van der Waals surface area contributed by atoms with Gasteiger partial charge in [-0.05, 0) is 47.9 Å². The lowest BCUT2D eigenvalue weighted by molar-refractivity contribution is 0.269. The number of nitrogens with zero attached hydrogens (tertiary/aromatic N) is 2. The van der Waals surface area contributed by atoms with Crippen molar-refractivity contribution in [2.24, 2.45) is 5.73 Å². The Morgan fingerprint density at radius 3 is 2.56 bits per heavy atom. The molecule has 1 aliphatic heterocycles. The average Bonchev–Trinajstić information content (AvgIpc) is 3.32. The van der Waals surface area contributed by atoms with Crippen LogP contribution in [-0.4, -0.2) is 16.8 Å². The van der Waals surface area contributed by atoms with E-state index < -0.39 is 5.92 Å². The predicted molar refractivity (Wildman–Crippen MR) is 137 cm³/mol. The van der Waals surface area contributed by atoms with Crippen LogP contribution in [0, 0.1) is 11.3 Å². The highest BCUT2D eigenvalue weighted by Crippen LogP contribution is 2.47. The van der Waals surface area contributed by atoms with Crippen LogP contribution in [0.5, 0.6) is 17.4 Å². The fourth-order valence-electron chi connectivity index (χ4n) is 4.24. The van der Waals surface area contributed by atoms with Crippen molar-refractivity contribution in [3.63, 3.8) is 0 Å². The van der Waals surface area contributed by atoms with Gasteiger partial charge in [0.05, 0.1) is 23.8 Å². The van der Waals surface area contributed by atoms with Gasteiger partial charge in [0.15, 0.2) is 11.5 Å². The van der Waals surface area contributed by atoms with Crippen molar-refractivity contribution in [2.75, 3.05) is 6.61 Å². The quantitative estimate of drug-likeness (QED) is 0.327. The summed E-state index contributed by atoms with van der Waals surface area (Å²) in [4.78, 5) is 0. The molecule has 1 atom stereocenters. The van der Waals surface area contributed by atoms with Crippen molar-refractivity contribution in [1.29, 1.82) is 5.26 Å². The molecule has 0 saturated carbocycles. The van der Waals surface area contributed by atoms with Gasteiger partial charge in [0, 0.05) is 5.02 Å². The van der Waals surface area contributed by atoms with E-state index in [1.807, 2.05) is 79.7 Å². The summed E-state index contributed by atoms with van der Waals surface area (Å²) in [5, 5.41) is 18.1. The number of aromatic nitrogens is 2. The number of fused-ring (bicyclic) bond motifs is 1. The van der Waals surface area contributed by atoms with Gasteiger partial charge in [0.1, 0.15) is 18.2 Å². The molecule has 8 heteroatoms. The van der Waals surface area contributed by atoms with E-state index in [9.17, 15) is 5.26 Å². The van der Waals surface area contributed by atoms with Crippen LogP contribution in [0.2, 0.25) is 5.02 Å². The minimum Gasteiger partial charge on any atom is -0.490 e. The number of nitrogens with one attached hydrogen (secondary N) is 1. The lowest BCUT2D eigenvalue weighted by Crippen LogP contribution is -2.21. The molecule has 0 aliphatic carbocycles. The zero-order chi connectivity index (χ0) is 25.1. The molecule has 0 radical (unpaired) electrons. The lowest BCUT2D eigenvalue weighted by atomic mass is 9.83. The van der Waals surface area contributed by atoms with Crippen molar-refractivity contribution in [3.05, 3.63) is 106 Å². The topological polar surface area (TPSA) is 106 Å². The molecule has 0 bridgehead atoms. The summed E-state index contributed by atoms with van der Waals surface area (Å²) in [6.45, 7) is 2.71. The van der Waals surface area contributed by atoms with Gasteiger partial charge >= 0.3 is 0 Å². The van der Waals surface area contributed by atoms with Crippen molar-refractivity contribution >= 4 is 11.6 Å². The van der Waals surface area contributed by atoms with Crippen molar-refractivity contribution in [1.82, 2.24) is 10.2 Å². The Labute approximate surface area is 213 Å². The van der Waals surface area contributed by atoms with Crippen LogP contribution in [0.4, 0.5) is 0 Å². The van der Waals surface area contributed by atoms with Gasteiger partial charge in [0.2, 0.25) is 11.8 Å². The Morgan fingerprint density at radius 1 is 1.06 bits per heavy atom. The third-order valence-electron chi connectivity index (χ3n) is 5.91. The summed E-state index contributed by atoms with van der Waals surface area (Å²) < 4.78 is 17.7. The molecule has 1 aliphatic rings. The normalized spacial score (nSPS) is 14.5. The first-order valence-electron chi connectivity index (χ1n) is 11.4. The van der Waals surface area contributed by atoms with Gasteiger partial charge in [-0.25, -0.2) is 0 Å². The molecule has 0 fully saturated rings. The number of nitriles is 1. The smallest absolute Gasteiger partial charge is 0.244 e. The van der Waals surface area contributed by atoms with E-state index in [0.29, 0.717) is 41.2 Å². The van der Waals surface area contributed by atoms with E-state index in [1.165, 1.54) is 0 Å². The Hall–Kier alpha value is -4.41. The maximum Gasteiger partial charge on any atom is 0.244 e. The second-order valence-corrected chi connectivity index (χ2v) is 8.60. The Morgan fingerprint density at radius 2 is 1.83 bits per heavy atom. The van der Waals surface area contributed by atoms with E-state index in [4.69, 9.17) is 31.5 Å². The molecule has 0 amide bonds. The molecule has 7 nitrogen and oxygen atoms in total. The standard InChI is InChI=1S/C28H23ClN4O3/c1-2-34-23-14-19(10-13-22(23)35-16-17-8-11-20(29)12-9-17)24-21(15-30)27(31)36-28-25(24)26(32-33-28)18-6-4-3-5-7-18/h3-14,24H,2,16,31H2,1H3,(H,32,33)/t24-/m1/s1. The van der Waals surface area contributed by atoms with E-state index in [2.05, 4.69) is 16.3 Å². The van der Waals surface area contributed by atoms with E-state index in [0.717, 1.165) is 27.9 Å². The highest BCUT2D eigenvalue weighted by atomic mass is 35.5. The summed E-state index contributed by atoms with van der Waals surface area (Å²) in [6.07, 6.45) is 0. The molecule has 2 heterocycles. The molecule has 0 saturated heterocycles.